The van der Waals surface area contributed by atoms with Crippen LogP contribution in [0.15, 0.2) is 46.9 Å². The van der Waals surface area contributed by atoms with Gasteiger partial charge >= 0.3 is 0 Å². The Morgan fingerprint density at radius 2 is 2.00 bits per heavy atom. The summed E-state index contributed by atoms with van der Waals surface area (Å²) >= 11 is 5.76. The number of amides is 1. The fourth-order valence-corrected chi connectivity index (χ4v) is 3.66. The van der Waals surface area contributed by atoms with Crippen molar-refractivity contribution in [3.8, 4) is 0 Å². The van der Waals surface area contributed by atoms with Gasteiger partial charge in [0, 0.05) is 5.02 Å². The number of carbonyl (C=O) groups is 1. The van der Waals surface area contributed by atoms with Crippen LogP contribution in [0.5, 0.6) is 0 Å². The molecule has 1 amide bonds. The number of sulfonamides is 1. The number of allylic oxidation sites excluding steroid dienone is 1. The second-order valence-electron chi connectivity index (χ2n) is 4.96. The molecule has 0 aliphatic carbocycles. The lowest BCUT2D eigenvalue weighted by Crippen LogP contribution is -2.32. The summed E-state index contributed by atoms with van der Waals surface area (Å²) in [4.78, 5) is 12.4. The number of hydrogen-bond donors (Lipinski definition) is 0. The molecular formula is C15H17ClN2O3S. The SMILES string of the molecule is C=CC[C@@H]1C(=O)N(S(=O)(=O)c2ccc(Cl)cc2)N=C1CCC. The van der Waals surface area contributed by atoms with Crippen molar-refractivity contribution in [2.24, 2.45) is 11.0 Å². The maximum atomic E-state index is 12.6. The predicted molar refractivity (Wildman–Crippen MR) is 86.1 cm³/mol. The fraction of sp³-hybridized carbons (Fsp3) is 0.333. The van der Waals surface area contributed by atoms with Crippen molar-refractivity contribution < 1.29 is 13.2 Å². The van der Waals surface area contributed by atoms with E-state index in [4.69, 9.17) is 11.6 Å². The smallest absolute Gasteiger partial charge is 0.271 e. The van der Waals surface area contributed by atoms with Gasteiger partial charge in [0.15, 0.2) is 0 Å². The van der Waals surface area contributed by atoms with Crippen LogP contribution in [0.1, 0.15) is 26.2 Å². The van der Waals surface area contributed by atoms with Gasteiger partial charge in [-0.2, -0.15) is 13.5 Å². The van der Waals surface area contributed by atoms with Crippen molar-refractivity contribution in [2.75, 3.05) is 0 Å². The summed E-state index contributed by atoms with van der Waals surface area (Å²) in [5.74, 6) is -1.07. The van der Waals surface area contributed by atoms with Gasteiger partial charge in [-0.15, -0.1) is 11.0 Å². The molecule has 0 N–H and O–H groups in total. The van der Waals surface area contributed by atoms with Crippen molar-refractivity contribution in [1.29, 1.82) is 0 Å². The van der Waals surface area contributed by atoms with Crippen LogP contribution in [0.4, 0.5) is 0 Å². The van der Waals surface area contributed by atoms with E-state index < -0.39 is 21.8 Å². The van der Waals surface area contributed by atoms with Gasteiger partial charge in [-0.25, -0.2) is 0 Å². The molecule has 0 saturated heterocycles. The molecule has 0 saturated carbocycles. The van der Waals surface area contributed by atoms with Crippen molar-refractivity contribution in [2.45, 2.75) is 31.1 Å². The quantitative estimate of drug-likeness (QED) is 0.747. The van der Waals surface area contributed by atoms with Crippen LogP contribution >= 0.6 is 11.6 Å². The highest BCUT2D eigenvalue weighted by atomic mass is 35.5. The van der Waals surface area contributed by atoms with Crippen molar-refractivity contribution in [3.63, 3.8) is 0 Å². The second-order valence-corrected chi connectivity index (χ2v) is 7.16. The summed E-state index contributed by atoms with van der Waals surface area (Å²) in [6, 6.07) is 5.65. The Bertz CT molecular complexity index is 711. The standard InChI is InChI=1S/C15H17ClN2O3S/c1-3-5-13-14(6-4-2)17-18(15(13)19)22(20,21)12-9-7-11(16)8-10-12/h3,7-10,13H,1,4-6H2,2H3/t13-/m0/s1. The monoisotopic (exact) mass is 340 g/mol. The fourth-order valence-electron chi connectivity index (χ4n) is 2.27. The molecule has 2 rings (SSSR count). The summed E-state index contributed by atoms with van der Waals surface area (Å²) < 4.78 is 25.8. The van der Waals surface area contributed by atoms with E-state index in [0.29, 0.717) is 28.0 Å². The Morgan fingerprint density at radius 1 is 1.36 bits per heavy atom. The van der Waals surface area contributed by atoms with E-state index in [0.717, 1.165) is 6.42 Å². The largest absolute Gasteiger partial charge is 0.286 e. The Hall–Kier alpha value is -1.66. The van der Waals surface area contributed by atoms with E-state index >= 15 is 0 Å². The van der Waals surface area contributed by atoms with Gasteiger partial charge in [-0.1, -0.05) is 31.0 Å². The molecule has 118 valence electrons. The molecule has 0 fully saturated rings. The summed E-state index contributed by atoms with van der Waals surface area (Å²) in [5.41, 5.74) is 0.588. The molecule has 0 radical (unpaired) electrons. The highest BCUT2D eigenvalue weighted by Crippen LogP contribution is 2.28. The van der Waals surface area contributed by atoms with Gasteiger partial charge in [-0.3, -0.25) is 4.79 Å². The van der Waals surface area contributed by atoms with Crippen LogP contribution in [-0.4, -0.2) is 24.5 Å². The van der Waals surface area contributed by atoms with Gasteiger partial charge < -0.3 is 0 Å². The molecule has 1 aliphatic rings. The molecule has 0 aromatic heterocycles. The number of halogens is 1. The average Bonchev–Trinajstić information content (AvgIpc) is 2.78. The van der Waals surface area contributed by atoms with E-state index in [-0.39, 0.29) is 4.90 Å². The summed E-state index contributed by atoms with van der Waals surface area (Å²) in [6.45, 7) is 5.57. The number of hydrogen-bond acceptors (Lipinski definition) is 4. The number of benzene rings is 1. The molecule has 5 nitrogen and oxygen atoms in total. The average molecular weight is 341 g/mol. The number of rotatable bonds is 6. The minimum absolute atomic E-state index is 0.0101. The van der Waals surface area contributed by atoms with Gasteiger partial charge in [-0.05, 0) is 37.1 Å². The minimum Gasteiger partial charge on any atom is -0.271 e. The third-order valence-electron chi connectivity index (χ3n) is 3.36. The topological polar surface area (TPSA) is 66.8 Å². The lowest BCUT2D eigenvalue weighted by atomic mass is 9.97. The number of hydrazone groups is 1. The van der Waals surface area contributed by atoms with Crippen LogP contribution in [0.2, 0.25) is 5.02 Å². The minimum atomic E-state index is -4.00. The maximum Gasteiger partial charge on any atom is 0.286 e. The van der Waals surface area contributed by atoms with E-state index in [1.54, 1.807) is 6.08 Å². The zero-order chi connectivity index (χ0) is 16.3. The van der Waals surface area contributed by atoms with Crippen LogP contribution in [-0.2, 0) is 14.8 Å². The third-order valence-corrected chi connectivity index (χ3v) is 5.19. The lowest BCUT2D eigenvalue weighted by Gasteiger charge is -2.14. The Kier molecular flexibility index (Phi) is 5.03. The predicted octanol–water partition coefficient (Wildman–Crippen LogP) is 3.22. The molecule has 0 bridgehead atoms. The van der Waals surface area contributed by atoms with Crippen molar-refractivity contribution in [3.05, 3.63) is 41.9 Å². The molecule has 7 heteroatoms. The van der Waals surface area contributed by atoms with E-state index in [2.05, 4.69) is 11.7 Å². The number of nitrogens with zero attached hydrogens (tertiary/aromatic N) is 2. The zero-order valence-corrected chi connectivity index (χ0v) is 13.8. The first-order chi connectivity index (χ1) is 10.4. The van der Waals surface area contributed by atoms with Crippen molar-refractivity contribution in [1.82, 2.24) is 4.41 Å². The van der Waals surface area contributed by atoms with Gasteiger partial charge in [0.2, 0.25) is 0 Å². The number of carbonyl (C=O) groups excluding carboxylic acids is 1. The van der Waals surface area contributed by atoms with Gasteiger partial charge in [0.25, 0.3) is 15.9 Å². The van der Waals surface area contributed by atoms with Gasteiger partial charge in [0.1, 0.15) is 0 Å². The molecule has 0 spiro atoms. The van der Waals surface area contributed by atoms with E-state index in [1.807, 2.05) is 6.92 Å². The first-order valence-corrected chi connectivity index (χ1v) is 8.76. The zero-order valence-electron chi connectivity index (χ0n) is 12.2. The first kappa shape index (κ1) is 16.7. The van der Waals surface area contributed by atoms with Crippen LogP contribution in [0, 0.1) is 5.92 Å². The highest BCUT2D eigenvalue weighted by Gasteiger charge is 2.41. The summed E-state index contributed by atoms with van der Waals surface area (Å²) in [7, 11) is -4.00. The molecular weight excluding hydrogens is 324 g/mol. The maximum absolute atomic E-state index is 12.6. The molecule has 1 atom stereocenters. The molecule has 22 heavy (non-hydrogen) atoms. The first-order valence-electron chi connectivity index (χ1n) is 6.94. The molecule has 0 unspecified atom stereocenters. The van der Waals surface area contributed by atoms with Crippen LogP contribution < -0.4 is 0 Å². The Balaban J connectivity index is 2.40. The molecule has 1 heterocycles. The normalized spacial score (nSPS) is 18.5. The van der Waals surface area contributed by atoms with E-state index in [9.17, 15) is 13.2 Å². The molecule has 1 aromatic rings. The van der Waals surface area contributed by atoms with Crippen LogP contribution in [0.25, 0.3) is 0 Å². The second kappa shape index (κ2) is 6.62. The molecule has 1 aliphatic heterocycles. The van der Waals surface area contributed by atoms with Gasteiger partial charge in [0.05, 0.1) is 16.5 Å². The lowest BCUT2D eigenvalue weighted by molar-refractivity contribution is -0.127. The highest BCUT2D eigenvalue weighted by molar-refractivity contribution is 7.89. The summed E-state index contributed by atoms with van der Waals surface area (Å²) in [6.07, 6.45) is 3.35. The Morgan fingerprint density at radius 3 is 2.55 bits per heavy atom. The third kappa shape index (κ3) is 3.08. The van der Waals surface area contributed by atoms with E-state index in [1.165, 1.54) is 24.3 Å². The molecule has 1 aromatic carbocycles. The van der Waals surface area contributed by atoms with Crippen molar-refractivity contribution >= 4 is 33.2 Å². The Labute approximate surface area is 135 Å². The van der Waals surface area contributed by atoms with Crippen LogP contribution in [0.3, 0.4) is 0 Å². The summed E-state index contributed by atoms with van der Waals surface area (Å²) in [5, 5.41) is 4.48.